The van der Waals surface area contributed by atoms with E-state index < -0.39 is 0 Å². The molecule has 0 spiro atoms. The lowest BCUT2D eigenvalue weighted by Gasteiger charge is -2.33. The molecule has 3 aromatic rings. The van der Waals surface area contributed by atoms with Crippen molar-refractivity contribution in [1.82, 2.24) is 20.0 Å². The van der Waals surface area contributed by atoms with Crippen molar-refractivity contribution < 1.29 is 18.7 Å². The average Bonchev–Trinajstić information content (AvgIpc) is 3.43. The van der Waals surface area contributed by atoms with Gasteiger partial charge in [0.2, 0.25) is 5.91 Å². The smallest absolute Gasteiger partial charge is 0.290 e. The zero-order valence-electron chi connectivity index (χ0n) is 18.3. The first-order valence-electron chi connectivity index (χ1n) is 11.2. The second-order valence-electron chi connectivity index (χ2n) is 8.72. The van der Waals surface area contributed by atoms with Crippen LogP contribution in [0.1, 0.15) is 47.1 Å². The molecular weight excluding hydrogens is 408 g/mol. The number of hydrogen-bond acceptors (Lipinski definition) is 5. The van der Waals surface area contributed by atoms with E-state index in [0.29, 0.717) is 36.9 Å². The fourth-order valence-corrected chi connectivity index (χ4v) is 4.71. The minimum absolute atomic E-state index is 0.0165. The van der Waals surface area contributed by atoms with E-state index in [4.69, 9.17) is 9.15 Å². The highest BCUT2D eigenvalue weighted by Crippen LogP contribution is 2.29. The Bertz CT molecular complexity index is 1130. The molecule has 32 heavy (non-hydrogen) atoms. The van der Waals surface area contributed by atoms with Crippen LogP contribution in [0.3, 0.4) is 0 Å². The number of amides is 2. The van der Waals surface area contributed by atoms with Crippen LogP contribution in [0.25, 0.3) is 11.0 Å². The van der Waals surface area contributed by atoms with Gasteiger partial charge < -0.3 is 19.4 Å². The van der Waals surface area contributed by atoms with Crippen LogP contribution < -0.4 is 5.32 Å². The van der Waals surface area contributed by atoms with E-state index >= 15 is 0 Å². The first-order chi connectivity index (χ1) is 15.6. The second-order valence-corrected chi connectivity index (χ2v) is 8.72. The number of fused-ring (bicyclic) bond motifs is 2. The molecule has 1 saturated heterocycles. The number of nitrogens with zero attached hydrogens (tertiary/aromatic N) is 3. The summed E-state index contributed by atoms with van der Waals surface area (Å²) in [4.78, 5) is 27.8. The summed E-state index contributed by atoms with van der Waals surface area (Å²) in [5, 5.41) is 8.43. The Morgan fingerprint density at radius 1 is 1.19 bits per heavy atom. The van der Waals surface area contributed by atoms with E-state index in [1.54, 1.807) is 11.1 Å². The Balaban J connectivity index is 1.29. The number of para-hydroxylation sites is 1. The molecule has 2 aliphatic heterocycles. The summed E-state index contributed by atoms with van der Waals surface area (Å²) in [6.45, 7) is 4.95. The molecule has 0 unspecified atom stereocenters. The molecule has 168 valence electrons. The number of aryl methyl sites for hydroxylation is 1. The van der Waals surface area contributed by atoms with Gasteiger partial charge in [0, 0.05) is 43.4 Å². The summed E-state index contributed by atoms with van der Waals surface area (Å²) in [7, 11) is 0. The van der Waals surface area contributed by atoms with Gasteiger partial charge in [0.05, 0.1) is 24.7 Å². The molecule has 0 aliphatic carbocycles. The maximum atomic E-state index is 13.4. The van der Waals surface area contributed by atoms with Crippen LogP contribution in [0.15, 0.2) is 40.9 Å². The van der Waals surface area contributed by atoms with E-state index in [1.807, 2.05) is 41.9 Å². The third kappa shape index (κ3) is 4.02. The summed E-state index contributed by atoms with van der Waals surface area (Å²) in [5.41, 5.74) is 2.47. The zero-order valence-corrected chi connectivity index (χ0v) is 18.3. The molecule has 1 fully saturated rings. The second kappa shape index (κ2) is 8.78. The van der Waals surface area contributed by atoms with Gasteiger partial charge in [-0.2, -0.15) is 5.10 Å². The zero-order chi connectivity index (χ0) is 22.1. The fraction of sp³-hybridized carbons (Fsp3) is 0.458. The molecule has 0 radical (unpaired) electrons. The Labute approximate surface area is 186 Å². The van der Waals surface area contributed by atoms with Crippen molar-refractivity contribution in [3.63, 3.8) is 0 Å². The Kier molecular flexibility index (Phi) is 5.70. The van der Waals surface area contributed by atoms with Crippen LogP contribution in [-0.2, 0) is 16.1 Å². The topological polar surface area (TPSA) is 89.6 Å². The van der Waals surface area contributed by atoms with Crippen molar-refractivity contribution in [2.75, 3.05) is 26.3 Å². The lowest BCUT2D eigenvalue weighted by Crippen LogP contribution is -2.43. The number of nitrogens with one attached hydrogen (secondary N) is 1. The van der Waals surface area contributed by atoms with Crippen molar-refractivity contribution in [2.45, 2.75) is 38.8 Å². The monoisotopic (exact) mass is 436 g/mol. The van der Waals surface area contributed by atoms with Crippen LogP contribution >= 0.6 is 0 Å². The van der Waals surface area contributed by atoms with Crippen molar-refractivity contribution >= 4 is 22.8 Å². The van der Waals surface area contributed by atoms with Crippen LogP contribution in [0.5, 0.6) is 0 Å². The van der Waals surface area contributed by atoms with Crippen LogP contribution in [0.4, 0.5) is 0 Å². The summed E-state index contributed by atoms with van der Waals surface area (Å²) in [5.74, 6) is 0.659. The number of ether oxygens (including phenoxy) is 1. The van der Waals surface area contributed by atoms with Gasteiger partial charge in [0.25, 0.3) is 5.91 Å². The number of rotatable bonds is 5. The average molecular weight is 437 g/mol. The van der Waals surface area contributed by atoms with Gasteiger partial charge in [-0.05, 0) is 37.8 Å². The highest BCUT2D eigenvalue weighted by Gasteiger charge is 2.32. The molecule has 5 rings (SSSR count). The summed E-state index contributed by atoms with van der Waals surface area (Å²) in [6.07, 6.45) is 3.96. The lowest BCUT2D eigenvalue weighted by molar-refractivity contribution is -0.122. The lowest BCUT2D eigenvalue weighted by atomic mass is 10.0. The van der Waals surface area contributed by atoms with Crippen molar-refractivity contribution in [1.29, 1.82) is 0 Å². The molecule has 0 bridgehead atoms. The number of aromatic nitrogens is 2. The van der Waals surface area contributed by atoms with Crippen molar-refractivity contribution in [2.24, 2.45) is 5.92 Å². The number of carbonyl (C=O) groups excluding carboxylic acids is 2. The third-order valence-electron chi connectivity index (χ3n) is 6.56. The molecule has 2 aliphatic rings. The van der Waals surface area contributed by atoms with Crippen molar-refractivity contribution in [3.8, 4) is 0 Å². The Morgan fingerprint density at radius 2 is 2.00 bits per heavy atom. The standard InChI is InChI=1S/C24H28N4O4/c1-16-20-4-2-3-5-21(20)32-23(16)24(30)27-14-18-6-9-26-28(18)19(15-27)12-22(29)25-13-17-7-10-31-11-8-17/h2-6,9,17,19H,7-8,10-15H2,1H3,(H,25,29)/t19-/m0/s1. The summed E-state index contributed by atoms with van der Waals surface area (Å²) in [6, 6.07) is 9.36. The predicted molar refractivity (Wildman–Crippen MR) is 118 cm³/mol. The van der Waals surface area contributed by atoms with Gasteiger partial charge in [-0.15, -0.1) is 0 Å². The molecule has 8 nitrogen and oxygen atoms in total. The largest absolute Gasteiger partial charge is 0.451 e. The van der Waals surface area contributed by atoms with Crippen LogP contribution in [0, 0.1) is 12.8 Å². The van der Waals surface area contributed by atoms with Gasteiger partial charge in [-0.25, -0.2) is 0 Å². The Morgan fingerprint density at radius 3 is 2.81 bits per heavy atom. The first-order valence-corrected chi connectivity index (χ1v) is 11.2. The molecule has 4 heterocycles. The molecule has 1 N–H and O–H groups in total. The van der Waals surface area contributed by atoms with E-state index in [0.717, 1.165) is 42.7 Å². The van der Waals surface area contributed by atoms with Gasteiger partial charge in [0.15, 0.2) is 5.76 Å². The summed E-state index contributed by atoms with van der Waals surface area (Å²) < 4.78 is 13.2. The van der Waals surface area contributed by atoms with E-state index in [9.17, 15) is 9.59 Å². The third-order valence-corrected chi connectivity index (χ3v) is 6.56. The molecular formula is C24H28N4O4. The summed E-state index contributed by atoms with van der Waals surface area (Å²) >= 11 is 0. The maximum absolute atomic E-state index is 13.4. The highest BCUT2D eigenvalue weighted by atomic mass is 16.5. The van der Waals surface area contributed by atoms with Crippen LogP contribution in [0.2, 0.25) is 0 Å². The van der Waals surface area contributed by atoms with E-state index in [1.165, 1.54) is 0 Å². The molecule has 0 saturated carbocycles. The number of furan rings is 1. The van der Waals surface area contributed by atoms with Crippen molar-refractivity contribution in [3.05, 3.63) is 53.5 Å². The quantitative estimate of drug-likeness (QED) is 0.664. The first kappa shape index (κ1) is 20.8. The minimum Gasteiger partial charge on any atom is -0.451 e. The normalized spacial score (nSPS) is 19.2. The van der Waals surface area contributed by atoms with Gasteiger partial charge in [-0.1, -0.05) is 18.2 Å². The van der Waals surface area contributed by atoms with E-state index in [2.05, 4.69) is 10.4 Å². The highest BCUT2D eigenvalue weighted by molar-refractivity contribution is 5.99. The maximum Gasteiger partial charge on any atom is 0.290 e. The van der Waals surface area contributed by atoms with Gasteiger partial charge in [-0.3, -0.25) is 14.3 Å². The minimum atomic E-state index is -0.211. The molecule has 2 amide bonds. The predicted octanol–water partition coefficient (Wildman–Crippen LogP) is 3.07. The fourth-order valence-electron chi connectivity index (χ4n) is 4.71. The number of hydrogen-bond donors (Lipinski definition) is 1. The Hall–Kier alpha value is -3.13. The molecule has 8 heteroatoms. The molecule has 1 aromatic carbocycles. The number of benzene rings is 1. The van der Waals surface area contributed by atoms with E-state index in [-0.39, 0.29) is 24.3 Å². The SMILES string of the molecule is Cc1c(C(=O)N2Cc3ccnn3[C@@H](CC(=O)NCC3CCOCC3)C2)oc2ccccc12. The number of carbonyl (C=O) groups is 2. The van der Waals surface area contributed by atoms with Gasteiger partial charge in [0.1, 0.15) is 5.58 Å². The molecule has 2 aromatic heterocycles. The molecule has 1 atom stereocenters. The van der Waals surface area contributed by atoms with Crippen LogP contribution in [-0.4, -0.2) is 52.8 Å². The van der Waals surface area contributed by atoms with Gasteiger partial charge >= 0.3 is 0 Å².